The van der Waals surface area contributed by atoms with Crippen LogP contribution in [0.3, 0.4) is 0 Å². The van der Waals surface area contributed by atoms with E-state index in [2.05, 4.69) is 0 Å². The summed E-state index contributed by atoms with van der Waals surface area (Å²) in [7, 11) is 0. The smallest absolute Gasteiger partial charge is 0.303 e. The molecule has 0 radical (unpaired) electrons. The van der Waals surface area contributed by atoms with E-state index in [1.165, 1.54) is 5.06 Å². The summed E-state index contributed by atoms with van der Waals surface area (Å²) in [4.78, 5) is 27.9. The Balaban J connectivity index is 1.73. The molecule has 2 rings (SSSR count). The molecule has 5 nitrogen and oxygen atoms in total. The van der Waals surface area contributed by atoms with Crippen LogP contribution in [0.15, 0.2) is 24.3 Å². The molecule has 114 valence electrons. The summed E-state index contributed by atoms with van der Waals surface area (Å²) in [6.45, 7) is 0.479. The van der Waals surface area contributed by atoms with Gasteiger partial charge in [0, 0.05) is 12.8 Å². The lowest BCUT2D eigenvalue weighted by molar-refractivity contribution is -0.137. The number of unbranched alkanes of at least 4 members (excludes halogenated alkanes) is 3. The number of fused-ring (bicyclic) bond motifs is 1. The van der Waals surface area contributed by atoms with Crippen molar-refractivity contribution in [2.75, 3.05) is 11.7 Å². The van der Waals surface area contributed by atoms with Crippen molar-refractivity contribution >= 4 is 17.6 Å². The average molecular weight is 291 g/mol. The Kier molecular flexibility index (Phi) is 5.75. The standard InChI is InChI=1S/C16H21NO4/c18-15-11-10-13-7-4-5-8-14(13)17(15)21-12-6-2-1-3-9-16(19)20/h4-5,7-8H,1-3,6,9-12H2,(H,19,20). The molecule has 0 saturated carbocycles. The molecular formula is C16H21NO4. The first-order valence-corrected chi connectivity index (χ1v) is 7.44. The van der Waals surface area contributed by atoms with Gasteiger partial charge in [-0.05, 0) is 30.9 Å². The molecule has 1 aromatic carbocycles. The van der Waals surface area contributed by atoms with Crippen molar-refractivity contribution in [1.82, 2.24) is 0 Å². The summed E-state index contributed by atoms with van der Waals surface area (Å²) < 4.78 is 0. The minimum atomic E-state index is -0.748. The van der Waals surface area contributed by atoms with E-state index in [-0.39, 0.29) is 12.3 Å². The number of aliphatic carboxylic acids is 1. The molecule has 0 saturated heterocycles. The fourth-order valence-electron chi connectivity index (χ4n) is 2.43. The molecule has 1 N–H and O–H groups in total. The Morgan fingerprint density at radius 2 is 1.90 bits per heavy atom. The molecule has 0 fully saturated rings. The van der Waals surface area contributed by atoms with Crippen molar-refractivity contribution < 1.29 is 19.5 Å². The van der Waals surface area contributed by atoms with Crippen LogP contribution in [0.2, 0.25) is 0 Å². The highest BCUT2D eigenvalue weighted by atomic mass is 16.7. The number of amides is 1. The molecule has 1 aliphatic rings. The van der Waals surface area contributed by atoms with Gasteiger partial charge in [0.25, 0.3) is 5.91 Å². The van der Waals surface area contributed by atoms with Crippen molar-refractivity contribution in [3.05, 3.63) is 29.8 Å². The lowest BCUT2D eigenvalue weighted by Crippen LogP contribution is -2.35. The lowest BCUT2D eigenvalue weighted by atomic mass is 10.0. The second-order valence-corrected chi connectivity index (χ2v) is 5.21. The van der Waals surface area contributed by atoms with Crippen LogP contribution in [-0.2, 0) is 20.8 Å². The van der Waals surface area contributed by atoms with Crippen LogP contribution in [0.5, 0.6) is 0 Å². The predicted molar refractivity (Wildman–Crippen MR) is 78.9 cm³/mol. The van der Waals surface area contributed by atoms with Gasteiger partial charge in [-0.15, -0.1) is 0 Å². The van der Waals surface area contributed by atoms with Gasteiger partial charge in [0.1, 0.15) is 0 Å². The molecule has 5 heteroatoms. The highest BCUT2D eigenvalue weighted by molar-refractivity contribution is 5.94. The number of carboxylic acid groups (broad SMARTS) is 1. The van der Waals surface area contributed by atoms with E-state index < -0.39 is 5.97 Å². The summed E-state index contributed by atoms with van der Waals surface area (Å²) in [5, 5.41) is 9.95. The summed E-state index contributed by atoms with van der Waals surface area (Å²) >= 11 is 0. The summed E-state index contributed by atoms with van der Waals surface area (Å²) in [5.74, 6) is -0.749. The number of nitrogens with zero attached hydrogens (tertiary/aromatic N) is 1. The number of anilines is 1. The molecule has 0 atom stereocenters. The van der Waals surface area contributed by atoms with Gasteiger partial charge in [0.2, 0.25) is 0 Å². The van der Waals surface area contributed by atoms with Crippen molar-refractivity contribution in [3.8, 4) is 0 Å². The Bertz CT molecular complexity index is 501. The third-order valence-electron chi connectivity index (χ3n) is 3.55. The van der Waals surface area contributed by atoms with Gasteiger partial charge in [0.15, 0.2) is 0 Å². The molecule has 0 spiro atoms. The van der Waals surface area contributed by atoms with Crippen LogP contribution < -0.4 is 5.06 Å². The molecule has 21 heavy (non-hydrogen) atoms. The number of carbonyl (C=O) groups is 2. The quantitative estimate of drug-likeness (QED) is 0.748. The third-order valence-corrected chi connectivity index (χ3v) is 3.55. The van der Waals surface area contributed by atoms with Crippen LogP contribution in [0.4, 0.5) is 5.69 Å². The minimum Gasteiger partial charge on any atom is -0.481 e. The second-order valence-electron chi connectivity index (χ2n) is 5.21. The van der Waals surface area contributed by atoms with E-state index >= 15 is 0 Å². The van der Waals surface area contributed by atoms with E-state index in [4.69, 9.17) is 9.94 Å². The van der Waals surface area contributed by atoms with Crippen LogP contribution in [0.1, 0.15) is 44.1 Å². The molecule has 1 aromatic rings. The number of hydroxylamine groups is 1. The molecule has 0 aromatic heterocycles. The zero-order valence-corrected chi connectivity index (χ0v) is 12.1. The van der Waals surface area contributed by atoms with E-state index in [0.717, 1.165) is 36.9 Å². The Hall–Kier alpha value is -1.88. The average Bonchev–Trinajstić information content (AvgIpc) is 2.48. The van der Waals surface area contributed by atoms with Crippen LogP contribution >= 0.6 is 0 Å². The zero-order valence-electron chi connectivity index (χ0n) is 12.1. The summed E-state index contributed by atoms with van der Waals surface area (Å²) in [5.41, 5.74) is 1.98. The van der Waals surface area contributed by atoms with Gasteiger partial charge in [-0.1, -0.05) is 31.0 Å². The third kappa shape index (κ3) is 4.56. The van der Waals surface area contributed by atoms with Gasteiger partial charge in [-0.25, -0.2) is 0 Å². The molecule has 1 aliphatic heterocycles. The van der Waals surface area contributed by atoms with Crippen LogP contribution in [0, 0.1) is 0 Å². The van der Waals surface area contributed by atoms with E-state index in [0.29, 0.717) is 19.4 Å². The largest absolute Gasteiger partial charge is 0.481 e. The van der Waals surface area contributed by atoms with E-state index in [9.17, 15) is 9.59 Å². The highest BCUT2D eigenvalue weighted by Crippen LogP contribution is 2.27. The summed E-state index contributed by atoms with van der Waals surface area (Å²) in [6, 6.07) is 7.79. The maximum atomic E-state index is 11.9. The Morgan fingerprint density at radius 1 is 1.14 bits per heavy atom. The first kappa shape index (κ1) is 15.5. The zero-order chi connectivity index (χ0) is 15.1. The maximum Gasteiger partial charge on any atom is 0.303 e. The first-order valence-electron chi connectivity index (χ1n) is 7.44. The number of para-hydroxylation sites is 1. The van der Waals surface area contributed by atoms with Crippen molar-refractivity contribution in [2.45, 2.75) is 44.9 Å². The predicted octanol–water partition coefficient (Wildman–Crippen LogP) is 2.93. The number of hydrogen-bond acceptors (Lipinski definition) is 3. The van der Waals surface area contributed by atoms with Crippen molar-refractivity contribution in [1.29, 1.82) is 0 Å². The molecule has 1 amide bonds. The van der Waals surface area contributed by atoms with Gasteiger partial charge in [0.05, 0.1) is 12.3 Å². The number of aryl methyl sites for hydroxylation is 1. The summed E-state index contributed by atoms with van der Waals surface area (Å²) in [6.07, 6.45) is 4.78. The number of carbonyl (C=O) groups excluding carboxylic acids is 1. The SMILES string of the molecule is O=C(O)CCCCCCON1C(=O)CCc2ccccc21. The molecule has 0 bridgehead atoms. The fourth-order valence-corrected chi connectivity index (χ4v) is 2.43. The normalized spacial score (nSPS) is 14.1. The van der Waals surface area contributed by atoms with Crippen molar-refractivity contribution in [3.63, 3.8) is 0 Å². The van der Waals surface area contributed by atoms with Crippen LogP contribution in [-0.4, -0.2) is 23.6 Å². The number of rotatable bonds is 8. The Labute approximate surface area is 124 Å². The van der Waals surface area contributed by atoms with E-state index in [1.54, 1.807) is 0 Å². The number of hydrogen-bond donors (Lipinski definition) is 1. The second kappa shape index (κ2) is 7.78. The molecule has 1 heterocycles. The molecule has 0 aliphatic carbocycles. The number of benzene rings is 1. The monoisotopic (exact) mass is 291 g/mol. The maximum absolute atomic E-state index is 11.9. The van der Waals surface area contributed by atoms with Gasteiger partial charge in [-0.3, -0.25) is 14.4 Å². The van der Waals surface area contributed by atoms with Gasteiger partial charge in [-0.2, -0.15) is 5.06 Å². The van der Waals surface area contributed by atoms with Crippen molar-refractivity contribution in [2.24, 2.45) is 0 Å². The lowest BCUT2D eigenvalue weighted by Gasteiger charge is -2.28. The van der Waals surface area contributed by atoms with Gasteiger partial charge >= 0.3 is 5.97 Å². The Morgan fingerprint density at radius 3 is 2.71 bits per heavy atom. The van der Waals surface area contributed by atoms with E-state index in [1.807, 2.05) is 24.3 Å². The fraction of sp³-hybridized carbons (Fsp3) is 0.500. The highest BCUT2D eigenvalue weighted by Gasteiger charge is 2.24. The number of carboxylic acids is 1. The minimum absolute atomic E-state index is 0.000391. The molecular weight excluding hydrogens is 270 g/mol. The van der Waals surface area contributed by atoms with Crippen LogP contribution in [0.25, 0.3) is 0 Å². The van der Waals surface area contributed by atoms with Gasteiger partial charge < -0.3 is 5.11 Å². The topological polar surface area (TPSA) is 66.8 Å². The molecule has 0 unspecified atom stereocenters. The first-order chi connectivity index (χ1) is 10.2.